The van der Waals surface area contributed by atoms with E-state index in [1.807, 2.05) is 64.2 Å². The third kappa shape index (κ3) is 8.64. The number of hydrogen-bond acceptors (Lipinski definition) is 4. The molecule has 1 radical (unpaired) electrons. The number of pyridine rings is 3. The van der Waals surface area contributed by atoms with E-state index in [0.717, 1.165) is 17.5 Å². The van der Waals surface area contributed by atoms with E-state index in [-0.39, 0.29) is 48.3 Å². The van der Waals surface area contributed by atoms with E-state index in [4.69, 9.17) is 15.4 Å². The molecule has 257 valence electrons. The van der Waals surface area contributed by atoms with Gasteiger partial charge in [0.05, 0.1) is 5.58 Å². The average Bonchev–Trinajstić information content (AvgIpc) is 3.56. The van der Waals surface area contributed by atoms with E-state index < -0.39 is 37.3 Å². The maximum atomic E-state index is 9.41. The largest absolute Gasteiger partial charge is 0.486 e. The van der Waals surface area contributed by atoms with Crippen molar-refractivity contribution in [1.29, 1.82) is 0 Å². The SMILES string of the molecule is Cc1ccc(-c2[c-]cccc2)nc1.[2H]C([2H])([2H])c1ccc2c(n1)oc1c(-c3cc(C([2H])([2H])C(C)(C)c4ccc(C([2H])([2H])C(C)(C)C)cc4)c(C([2H])([2H])[2H])cn3)[c-]ccc12.[Ir]. The Morgan fingerprint density at radius 1 is 0.780 bits per heavy atom. The summed E-state index contributed by atoms with van der Waals surface area (Å²) in [6.07, 6.45) is -0.860. The number of fused-ring (bicyclic) bond motifs is 3. The molecule has 0 spiro atoms. The summed E-state index contributed by atoms with van der Waals surface area (Å²) < 4.78 is 89.8. The molecule has 7 aromatic rings. The van der Waals surface area contributed by atoms with Crippen LogP contribution < -0.4 is 0 Å². The topological polar surface area (TPSA) is 51.8 Å². The molecule has 0 fully saturated rings. The molecule has 0 saturated heterocycles. The maximum absolute atomic E-state index is 9.41. The van der Waals surface area contributed by atoms with Gasteiger partial charge in [-0.2, -0.15) is 0 Å². The second-order valence-corrected chi connectivity index (χ2v) is 13.6. The summed E-state index contributed by atoms with van der Waals surface area (Å²) in [7, 11) is 0. The third-order valence-corrected chi connectivity index (χ3v) is 7.93. The zero-order valence-corrected chi connectivity index (χ0v) is 31.3. The van der Waals surface area contributed by atoms with Crippen molar-refractivity contribution < 1.29 is 38.2 Å². The first kappa shape index (κ1) is 25.5. The van der Waals surface area contributed by atoms with Gasteiger partial charge in [-0.1, -0.05) is 88.0 Å². The number of aryl methyl sites for hydroxylation is 3. The van der Waals surface area contributed by atoms with Crippen LogP contribution in [0.5, 0.6) is 0 Å². The third-order valence-electron chi connectivity index (χ3n) is 7.93. The molecule has 0 atom stereocenters. The minimum atomic E-state index is -2.68. The molecule has 50 heavy (non-hydrogen) atoms. The summed E-state index contributed by atoms with van der Waals surface area (Å²) in [4.78, 5) is 12.9. The van der Waals surface area contributed by atoms with Crippen LogP contribution in [0.1, 0.15) is 81.8 Å². The van der Waals surface area contributed by atoms with Gasteiger partial charge in [0.25, 0.3) is 0 Å². The van der Waals surface area contributed by atoms with Crippen LogP contribution >= 0.6 is 0 Å². The van der Waals surface area contributed by atoms with Crippen molar-refractivity contribution in [3.05, 3.63) is 149 Å². The molecule has 3 aromatic carbocycles. The smallest absolute Gasteiger partial charge is 0.216 e. The Morgan fingerprint density at radius 3 is 2.26 bits per heavy atom. The predicted molar refractivity (Wildman–Crippen MR) is 203 cm³/mol. The number of aromatic nitrogens is 3. The van der Waals surface area contributed by atoms with Gasteiger partial charge in [-0.3, -0.25) is 0 Å². The van der Waals surface area contributed by atoms with E-state index >= 15 is 0 Å². The Bertz CT molecular complexity index is 2600. The van der Waals surface area contributed by atoms with Crippen LogP contribution in [-0.4, -0.2) is 15.0 Å². The van der Waals surface area contributed by atoms with E-state index in [1.54, 1.807) is 56.3 Å². The Labute approximate surface area is 324 Å². The van der Waals surface area contributed by atoms with Gasteiger partial charge in [0, 0.05) is 57.3 Å². The van der Waals surface area contributed by atoms with E-state index in [0.29, 0.717) is 33.0 Å². The van der Waals surface area contributed by atoms with E-state index in [1.165, 1.54) is 17.7 Å². The average molecular weight is 846 g/mol. The molecular weight excluding hydrogens is 791 g/mol. The summed E-state index contributed by atoms with van der Waals surface area (Å²) in [6, 6.07) is 32.7. The molecule has 7 rings (SSSR count). The fourth-order valence-electron chi connectivity index (χ4n) is 5.50. The molecule has 0 bridgehead atoms. The van der Waals surface area contributed by atoms with Gasteiger partial charge in [-0.15, -0.1) is 54.1 Å². The van der Waals surface area contributed by atoms with Gasteiger partial charge in [0.1, 0.15) is 0 Å². The van der Waals surface area contributed by atoms with Crippen LogP contribution in [0.15, 0.2) is 108 Å². The van der Waals surface area contributed by atoms with Crippen molar-refractivity contribution in [2.24, 2.45) is 5.41 Å². The quantitative estimate of drug-likeness (QED) is 0.157. The first-order chi connectivity index (χ1) is 27.3. The summed E-state index contributed by atoms with van der Waals surface area (Å²) in [6.45, 7) is 5.74. The fraction of sp³-hybridized carbons (Fsp3) is 0.267. The molecule has 5 heteroatoms. The van der Waals surface area contributed by atoms with Crippen molar-refractivity contribution >= 4 is 22.1 Å². The normalized spacial score (nSPS) is 15.6. The van der Waals surface area contributed by atoms with Crippen molar-refractivity contribution in [2.45, 2.75) is 73.4 Å². The van der Waals surface area contributed by atoms with Crippen molar-refractivity contribution in [2.75, 3.05) is 0 Å². The summed E-state index contributed by atoms with van der Waals surface area (Å²) in [5, 5.41) is 1.20. The van der Waals surface area contributed by atoms with Crippen LogP contribution in [0.2, 0.25) is 0 Å². The van der Waals surface area contributed by atoms with Gasteiger partial charge in [-0.05, 0) is 95.5 Å². The number of hydrogen-bond donors (Lipinski definition) is 0. The first-order valence-corrected chi connectivity index (χ1v) is 16.1. The van der Waals surface area contributed by atoms with E-state index in [9.17, 15) is 2.74 Å². The summed E-state index contributed by atoms with van der Waals surface area (Å²) in [5.41, 5.74) is 2.80. The molecule has 0 aliphatic rings. The molecule has 4 heterocycles. The van der Waals surface area contributed by atoms with Crippen molar-refractivity contribution in [1.82, 2.24) is 15.0 Å². The monoisotopic (exact) mass is 846 g/mol. The van der Waals surface area contributed by atoms with Crippen LogP contribution in [-0.2, 0) is 38.3 Å². The molecule has 0 amide bonds. The minimum absolute atomic E-state index is 0. The molecule has 0 N–H and O–H groups in total. The second-order valence-electron chi connectivity index (χ2n) is 13.6. The Hall–Kier alpha value is -4.44. The second kappa shape index (κ2) is 15.2. The number of rotatable bonds is 6. The Morgan fingerprint density at radius 2 is 1.58 bits per heavy atom. The van der Waals surface area contributed by atoms with Gasteiger partial charge in [0.15, 0.2) is 0 Å². The van der Waals surface area contributed by atoms with Crippen LogP contribution in [0.4, 0.5) is 0 Å². The number of nitrogens with zero attached hydrogens (tertiary/aromatic N) is 3. The van der Waals surface area contributed by atoms with Crippen LogP contribution in [0.3, 0.4) is 0 Å². The molecular formula is C45H45IrN3O-2. The first-order valence-electron chi connectivity index (χ1n) is 21.1. The Kier molecular flexibility index (Phi) is 7.76. The summed E-state index contributed by atoms with van der Waals surface area (Å²) >= 11 is 0. The van der Waals surface area contributed by atoms with Crippen LogP contribution in [0.25, 0.3) is 44.6 Å². The maximum Gasteiger partial charge on any atom is 0.216 e. The zero-order valence-electron chi connectivity index (χ0n) is 38.9. The molecule has 0 saturated carbocycles. The summed E-state index contributed by atoms with van der Waals surface area (Å²) in [5.74, 6) is 0. The molecule has 4 aromatic heterocycles. The predicted octanol–water partition coefficient (Wildman–Crippen LogP) is 11.4. The minimum Gasteiger partial charge on any atom is -0.486 e. The molecule has 0 unspecified atom stereocenters. The zero-order chi connectivity index (χ0) is 43.3. The van der Waals surface area contributed by atoms with Crippen molar-refractivity contribution in [3.63, 3.8) is 0 Å². The van der Waals surface area contributed by atoms with Crippen molar-refractivity contribution in [3.8, 4) is 22.5 Å². The van der Waals surface area contributed by atoms with Gasteiger partial charge < -0.3 is 14.4 Å². The number of furan rings is 1. The van der Waals surface area contributed by atoms with Gasteiger partial charge in [0.2, 0.25) is 5.71 Å². The molecule has 0 aliphatic heterocycles. The Balaban J connectivity index is 0.000000413. The molecule has 4 nitrogen and oxygen atoms in total. The number of benzene rings is 3. The van der Waals surface area contributed by atoms with Gasteiger partial charge in [-0.25, -0.2) is 4.98 Å². The van der Waals surface area contributed by atoms with Gasteiger partial charge >= 0.3 is 0 Å². The molecule has 0 aliphatic carbocycles. The standard InChI is InChI=1S/C33H35N2O.C12H10N.Ir/c1-21-20-34-29(28-10-8-9-26-27-16-11-22(2)35-31(27)36-30(26)28)17-24(21)19-33(6,7)25-14-12-23(13-15-25)18-32(3,4)5;1-10-7-8-12(13-9-10)11-5-3-2-4-6-11;/h8-9,11-17,20H,18-19H2,1-7H3;2-5,7-9H,1H3;/q2*-1;/i1D3,2D3,18D2,19D2;;. The van der Waals surface area contributed by atoms with Crippen LogP contribution in [0, 0.1) is 38.2 Å². The fourth-order valence-corrected chi connectivity index (χ4v) is 5.50. The van der Waals surface area contributed by atoms with E-state index in [2.05, 4.69) is 33.2 Å².